The standard InChI is InChI=1S/C19H30N4S5/c1-3-7-15(8-4-1)24-11-13-26-17-20-21-18-23(17)22-19(28-18)27-14-12-25-16-9-5-2-6-10-16/h15-16H,1-14H2. The highest BCUT2D eigenvalue weighted by Gasteiger charge is 2.16. The zero-order chi connectivity index (χ0) is 19.0. The maximum atomic E-state index is 4.76. The molecule has 0 amide bonds. The van der Waals surface area contributed by atoms with Gasteiger partial charge in [0.25, 0.3) is 0 Å². The van der Waals surface area contributed by atoms with Gasteiger partial charge < -0.3 is 0 Å². The van der Waals surface area contributed by atoms with E-state index in [1.165, 1.54) is 75.7 Å². The number of hydrogen-bond donors (Lipinski definition) is 0. The van der Waals surface area contributed by atoms with Crippen molar-refractivity contribution in [2.45, 2.75) is 84.2 Å². The minimum atomic E-state index is 0.890. The highest BCUT2D eigenvalue weighted by molar-refractivity contribution is 8.04. The Morgan fingerprint density at radius 3 is 2.00 bits per heavy atom. The molecular formula is C19H30N4S5. The van der Waals surface area contributed by atoms with E-state index in [0.29, 0.717) is 0 Å². The van der Waals surface area contributed by atoms with Gasteiger partial charge >= 0.3 is 0 Å². The van der Waals surface area contributed by atoms with Crippen molar-refractivity contribution in [3.63, 3.8) is 0 Å². The molecule has 2 aliphatic rings. The molecule has 0 saturated heterocycles. The highest BCUT2D eigenvalue weighted by atomic mass is 32.2. The van der Waals surface area contributed by atoms with Gasteiger partial charge in [0.1, 0.15) is 0 Å². The van der Waals surface area contributed by atoms with Crippen molar-refractivity contribution < 1.29 is 0 Å². The maximum absolute atomic E-state index is 4.76. The fraction of sp³-hybridized carbons (Fsp3) is 0.842. The molecule has 4 nitrogen and oxygen atoms in total. The first-order chi connectivity index (χ1) is 13.9. The average Bonchev–Trinajstić information content (AvgIpc) is 3.31. The van der Waals surface area contributed by atoms with Gasteiger partial charge in [-0.05, 0) is 25.7 Å². The molecule has 28 heavy (non-hydrogen) atoms. The molecule has 0 bridgehead atoms. The normalized spacial score (nSPS) is 19.6. The molecule has 2 aliphatic carbocycles. The van der Waals surface area contributed by atoms with E-state index in [9.17, 15) is 0 Å². The Bertz CT molecular complexity index is 706. The largest absolute Gasteiger partial charge is 0.236 e. The van der Waals surface area contributed by atoms with E-state index in [1.807, 2.05) is 16.3 Å². The molecule has 2 saturated carbocycles. The van der Waals surface area contributed by atoms with Crippen LogP contribution in [0.2, 0.25) is 0 Å². The van der Waals surface area contributed by atoms with Crippen LogP contribution in [0.1, 0.15) is 64.2 Å². The number of rotatable bonds is 10. The van der Waals surface area contributed by atoms with E-state index >= 15 is 0 Å². The molecule has 0 aromatic carbocycles. The van der Waals surface area contributed by atoms with E-state index < -0.39 is 0 Å². The molecular weight excluding hydrogens is 445 g/mol. The van der Waals surface area contributed by atoms with E-state index in [0.717, 1.165) is 36.5 Å². The predicted octanol–water partition coefficient (Wildman–Crippen LogP) is 6.50. The monoisotopic (exact) mass is 474 g/mol. The topological polar surface area (TPSA) is 43.1 Å². The Balaban J connectivity index is 1.17. The number of nitrogens with zero attached hydrogens (tertiary/aromatic N) is 4. The van der Waals surface area contributed by atoms with Crippen LogP contribution in [-0.4, -0.2) is 53.3 Å². The van der Waals surface area contributed by atoms with Crippen LogP contribution in [0.15, 0.2) is 9.50 Å². The summed E-state index contributed by atoms with van der Waals surface area (Å²) >= 11 is 9.69. The summed E-state index contributed by atoms with van der Waals surface area (Å²) in [4.78, 5) is 0.935. The van der Waals surface area contributed by atoms with Crippen molar-refractivity contribution in [2.75, 3.05) is 23.0 Å². The first kappa shape index (κ1) is 21.7. The van der Waals surface area contributed by atoms with E-state index in [4.69, 9.17) is 5.10 Å². The Labute approximate surface area is 189 Å². The molecule has 0 N–H and O–H groups in total. The first-order valence-corrected chi connectivity index (χ1v) is 15.5. The van der Waals surface area contributed by atoms with Gasteiger partial charge in [-0.1, -0.05) is 73.4 Å². The third-order valence-electron chi connectivity index (χ3n) is 5.38. The quantitative estimate of drug-likeness (QED) is 0.287. The number of aromatic nitrogens is 4. The minimum Gasteiger partial charge on any atom is -0.176 e. The summed E-state index contributed by atoms with van der Waals surface area (Å²) in [5.41, 5.74) is 0. The lowest BCUT2D eigenvalue weighted by molar-refractivity contribution is 0.516. The summed E-state index contributed by atoms with van der Waals surface area (Å²) in [5.74, 6) is 4.68. The van der Waals surface area contributed by atoms with Gasteiger partial charge in [-0.15, -0.1) is 15.3 Å². The molecule has 0 radical (unpaired) electrons. The second-order valence-corrected chi connectivity index (χ2v) is 13.7. The maximum Gasteiger partial charge on any atom is 0.236 e. The van der Waals surface area contributed by atoms with Crippen molar-refractivity contribution in [3.8, 4) is 0 Å². The summed E-state index contributed by atoms with van der Waals surface area (Å²) < 4.78 is 3.09. The zero-order valence-electron chi connectivity index (χ0n) is 16.4. The third-order valence-corrected chi connectivity index (χ3v) is 11.6. The van der Waals surface area contributed by atoms with Crippen molar-refractivity contribution in [1.82, 2.24) is 19.8 Å². The molecule has 156 valence electrons. The van der Waals surface area contributed by atoms with Crippen molar-refractivity contribution >= 4 is 63.3 Å². The molecule has 0 unspecified atom stereocenters. The molecule has 4 rings (SSSR count). The van der Waals surface area contributed by atoms with Crippen LogP contribution in [0.3, 0.4) is 0 Å². The SMILES string of the molecule is C1CCC(SCCSc2nn3c(SCCSC4CCCCC4)nnc3s2)CC1. The zero-order valence-corrected chi connectivity index (χ0v) is 20.5. The number of hydrogen-bond acceptors (Lipinski definition) is 8. The molecule has 2 aromatic rings. The lowest BCUT2D eigenvalue weighted by atomic mass is 10.0. The van der Waals surface area contributed by atoms with Gasteiger partial charge in [-0.25, -0.2) is 0 Å². The molecule has 2 heterocycles. The van der Waals surface area contributed by atoms with Crippen LogP contribution >= 0.6 is 58.4 Å². The van der Waals surface area contributed by atoms with Crippen LogP contribution in [0.5, 0.6) is 0 Å². The lowest BCUT2D eigenvalue weighted by Crippen LogP contribution is -2.09. The smallest absolute Gasteiger partial charge is 0.176 e. The van der Waals surface area contributed by atoms with Gasteiger partial charge in [0.15, 0.2) is 4.34 Å². The fourth-order valence-electron chi connectivity index (χ4n) is 3.88. The van der Waals surface area contributed by atoms with Crippen LogP contribution in [0.4, 0.5) is 0 Å². The lowest BCUT2D eigenvalue weighted by Gasteiger charge is -2.20. The van der Waals surface area contributed by atoms with Gasteiger partial charge in [0, 0.05) is 33.5 Å². The highest BCUT2D eigenvalue weighted by Crippen LogP contribution is 2.32. The Morgan fingerprint density at radius 2 is 1.36 bits per heavy atom. The first-order valence-electron chi connectivity index (χ1n) is 10.6. The molecule has 0 aliphatic heterocycles. The second-order valence-electron chi connectivity index (χ2n) is 7.50. The Morgan fingerprint density at radius 1 is 0.750 bits per heavy atom. The van der Waals surface area contributed by atoms with Crippen molar-refractivity contribution in [1.29, 1.82) is 0 Å². The summed E-state index contributed by atoms with van der Waals surface area (Å²) in [7, 11) is 0. The molecule has 0 spiro atoms. The predicted molar refractivity (Wildman–Crippen MR) is 129 cm³/mol. The van der Waals surface area contributed by atoms with E-state index in [2.05, 4.69) is 33.7 Å². The van der Waals surface area contributed by atoms with Crippen LogP contribution in [0, 0.1) is 0 Å². The van der Waals surface area contributed by atoms with Crippen molar-refractivity contribution in [2.24, 2.45) is 0 Å². The number of thioether (sulfide) groups is 4. The molecule has 9 heteroatoms. The van der Waals surface area contributed by atoms with E-state index in [1.54, 1.807) is 23.1 Å². The Hall–Kier alpha value is 0.430. The Kier molecular flexibility index (Phi) is 9.07. The van der Waals surface area contributed by atoms with Crippen LogP contribution < -0.4 is 0 Å². The van der Waals surface area contributed by atoms with Gasteiger partial charge in [0.2, 0.25) is 10.1 Å². The van der Waals surface area contributed by atoms with Gasteiger partial charge in [-0.2, -0.15) is 28.0 Å². The van der Waals surface area contributed by atoms with Crippen LogP contribution in [-0.2, 0) is 0 Å². The summed E-state index contributed by atoms with van der Waals surface area (Å²) in [5, 5.41) is 16.2. The van der Waals surface area contributed by atoms with Crippen LogP contribution in [0.25, 0.3) is 4.96 Å². The fourth-order valence-corrected chi connectivity index (χ4v) is 9.51. The average molecular weight is 475 g/mol. The second kappa shape index (κ2) is 11.7. The number of fused-ring (bicyclic) bond motifs is 1. The van der Waals surface area contributed by atoms with E-state index in [-0.39, 0.29) is 0 Å². The van der Waals surface area contributed by atoms with Gasteiger partial charge in [0.05, 0.1) is 0 Å². The molecule has 2 aromatic heterocycles. The van der Waals surface area contributed by atoms with Crippen molar-refractivity contribution in [3.05, 3.63) is 0 Å². The van der Waals surface area contributed by atoms with Gasteiger partial charge in [-0.3, -0.25) is 0 Å². The summed E-state index contributed by atoms with van der Waals surface area (Å²) in [6, 6.07) is 0. The summed E-state index contributed by atoms with van der Waals surface area (Å²) in [6.45, 7) is 0. The minimum absolute atomic E-state index is 0.890. The summed E-state index contributed by atoms with van der Waals surface area (Å²) in [6.07, 6.45) is 14.3. The molecule has 2 fully saturated rings. The molecule has 0 atom stereocenters. The third kappa shape index (κ3) is 6.46.